The van der Waals surface area contributed by atoms with Crippen molar-refractivity contribution in [2.75, 3.05) is 19.6 Å². The SMILES string of the molecule is CCN(CC)CC(C)C(O)(c1cccc(Cl)c1)c1cccc(Cl)c1.[Cl-].[H+]. The van der Waals surface area contributed by atoms with Gasteiger partial charge in [-0.25, -0.2) is 0 Å². The van der Waals surface area contributed by atoms with E-state index in [9.17, 15) is 5.11 Å². The second-order valence-corrected chi connectivity index (χ2v) is 7.05. The molecule has 0 saturated heterocycles. The predicted octanol–water partition coefficient (Wildman–Crippen LogP) is 2.32. The van der Waals surface area contributed by atoms with Crippen LogP contribution < -0.4 is 12.4 Å². The van der Waals surface area contributed by atoms with Crippen LogP contribution in [-0.2, 0) is 5.60 Å². The van der Waals surface area contributed by atoms with Crippen LogP contribution in [0.3, 0.4) is 0 Å². The van der Waals surface area contributed by atoms with Crippen LogP contribution >= 0.6 is 23.2 Å². The molecule has 1 atom stereocenters. The largest absolute Gasteiger partial charge is 1.00 e. The Labute approximate surface area is 168 Å². The highest BCUT2D eigenvalue weighted by Crippen LogP contribution is 2.39. The molecule has 0 saturated carbocycles. The Kier molecular flexibility index (Phi) is 8.73. The highest BCUT2D eigenvalue weighted by molar-refractivity contribution is 6.31. The van der Waals surface area contributed by atoms with E-state index in [2.05, 4.69) is 25.7 Å². The van der Waals surface area contributed by atoms with Crippen LogP contribution in [0, 0.1) is 5.92 Å². The van der Waals surface area contributed by atoms with Gasteiger partial charge in [-0.2, -0.15) is 0 Å². The summed E-state index contributed by atoms with van der Waals surface area (Å²) in [5.41, 5.74) is 0.423. The smallest absolute Gasteiger partial charge is 1.00 e. The summed E-state index contributed by atoms with van der Waals surface area (Å²) >= 11 is 12.4. The van der Waals surface area contributed by atoms with Crippen LogP contribution in [0.1, 0.15) is 33.3 Å². The van der Waals surface area contributed by atoms with Crippen molar-refractivity contribution in [3.63, 3.8) is 0 Å². The van der Waals surface area contributed by atoms with Crippen molar-refractivity contribution < 1.29 is 18.9 Å². The minimum Gasteiger partial charge on any atom is -1.00 e. The van der Waals surface area contributed by atoms with Crippen LogP contribution in [0.2, 0.25) is 10.0 Å². The highest BCUT2D eigenvalue weighted by atomic mass is 35.5. The van der Waals surface area contributed by atoms with E-state index >= 15 is 0 Å². The normalized spacial score (nSPS) is 12.8. The third-order valence-corrected chi connectivity index (χ3v) is 5.14. The number of benzene rings is 2. The minimum atomic E-state index is -1.15. The monoisotopic (exact) mass is 401 g/mol. The van der Waals surface area contributed by atoms with E-state index in [0.29, 0.717) is 10.0 Å². The molecule has 0 radical (unpaired) electrons. The van der Waals surface area contributed by atoms with Gasteiger partial charge in [0.15, 0.2) is 0 Å². The van der Waals surface area contributed by atoms with Crippen LogP contribution in [0.15, 0.2) is 48.5 Å². The maximum atomic E-state index is 11.8. The van der Waals surface area contributed by atoms with E-state index < -0.39 is 5.60 Å². The van der Waals surface area contributed by atoms with Gasteiger partial charge in [0.1, 0.15) is 5.60 Å². The predicted molar refractivity (Wildman–Crippen MR) is 104 cm³/mol. The summed E-state index contributed by atoms with van der Waals surface area (Å²) in [7, 11) is 0. The van der Waals surface area contributed by atoms with Crippen molar-refractivity contribution in [2.24, 2.45) is 5.92 Å². The van der Waals surface area contributed by atoms with Gasteiger partial charge in [0.2, 0.25) is 0 Å². The number of hydrogen-bond donors (Lipinski definition) is 1. The van der Waals surface area contributed by atoms with Crippen LogP contribution in [0.4, 0.5) is 0 Å². The molecule has 2 aromatic rings. The standard InChI is InChI=1S/C20H25Cl2NO.ClH/c1-4-23(5-2)14-15(3)20(24,16-8-6-10-18(21)12-16)17-9-7-11-19(22)13-17;/h6-13,15,24H,4-5,14H2,1-3H3;1H. The molecule has 0 spiro atoms. The lowest BCUT2D eigenvalue weighted by molar-refractivity contribution is -0.0000255. The lowest BCUT2D eigenvalue weighted by Gasteiger charge is -2.38. The van der Waals surface area contributed by atoms with Crippen molar-refractivity contribution in [1.82, 2.24) is 4.90 Å². The Bertz CT molecular complexity index is 634. The first-order valence-electron chi connectivity index (χ1n) is 8.38. The van der Waals surface area contributed by atoms with Gasteiger partial charge in [0.05, 0.1) is 0 Å². The lowest BCUT2D eigenvalue weighted by Crippen LogP contribution is -3.00. The molecule has 0 fully saturated rings. The maximum absolute atomic E-state index is 11.8. The molecule has 0 heterocycles. The Balaban J connectivity index is 0.00000312. The van der Waals surface area contributed by atoms with Crippen LogP contribution in [-0.4, -0.2) is 29.6 Å². The van der Waals surface area contributed by atoms with E-state index in [4.69, 9.17) is 23.2 Å². The fourth-order valence-corrected chi connectivity index (χ4v) is 3.57. The van der Waals surface area contributed by atoms with Gasteiger partial charge in [-0.05, 0) is 48.5 Å². The molecule has 0 aliphatic rings. The van der Waals surface area contributed by atoms with Gasteiger partial charge in [0.25, 0.3) is 0 Å². The molecule has 2 nitrogen and oxygen atoms in total. The lowest BCUT2D eigenvalue weighted by atomic mass is 9.76. The molecule has 1 N–H and O–H groups in total. The Hall–Kier alpha value is -0.770. The van der Waals surface area contributed by atoms with Crippen LogP contribution in [0.25, 0.3) is 0 Å². The summed E-state index contributed by atoms with van der Waals surface area (Å²) in [5.74, 6) is -0.0330. The molecule has 0 aliphatic carbocycles. The quantitative estimate of drug-likeness (QED) is 0.768. The highest BCUT2D eigenvalue weighted by Gasteiger charge is 2.38. The third kappa shape index (κ3) is 5.12. The number of nitrogens with zero attached hydrogens (tertiary/aromatic N) is 1. The van der Waals surface area contributed by atoms with Crippen molar-refractivity contribution >= 4 is 23.2 Å². The fraction of sp³-hybridized carbons (Fsp3) is 0.400. The number of aliphatic hydroxyl groups is 1. The summed E-state index contributed by atoms with van der Waals surface area (Å²) < 4.78 is 0. The molecule has 0 aliphatic heterocycles. The Morgan fingerprint density at radius 3 is 1.80 bits per heavy atom. The van der Waals surface area contributed by atoms with Gasteiger partial charge in [0, 0.05) is 22.5 Å². The molecule has 0 amide bonds. The van der Waals surface area contributed by atoms with Crippen molar-refractivity contribution in [1.29, 1.82) is 0 Å². The van der Waals surface area contributed by atoms with E-state index in [-0.39, 0.29) is 19.8 Å². The van der Waals surface area contributed by atoms with Gasteiger partial charge < -0.3 is 22.4 Å². The summed E-state index contributed by atoms with van der Waals surface area (Å²) in [4.78, 5) is 2.31. The summed E-state index contributed by atoms with van der Waals surface area (Å²) in [6.45, 7) is 9.01. The Morgan fingerprint density at radius 1 is 1.00 bits per heavy atom. The molecule has 5 heteroatoms. The minimum absolute atomic E-state index is 0. The number of halogens is 3. The van der Waals surface area contributed by atoms with Gasteiger partial charge in [-0.3, -0.25) is 0 Å². The topological polar surface area (TPSA) is 23.5 Å². The average Bonchev–Trinajstić information content (AvgIpc) is 2.58. The second kappa shape index (κ2) is 9.80. The molecule has 1 unspecified atom stereocenters. The van der Waals surface area contributed by atoms with Gasteiger partial charge >= 0.3 is 1.43 Å². The molecule has 0 aromatic heterocycles. The zero-order valence-electron chi connectivity index (χ0n) is 15.8. The number of hydrogen-bond acceptors (Lipinski definition) is 2. The van der Waals surface area contributed by atoms with E-state index in [1.165, 1.54) is 0 Å². The molecular formula is C20H26Cl3NO. The first-order valence-corrected chi connectivity index (χ1v) is 9.14. The molecule has 138 valence electrons. The Morgan fingerprint density at radius 2 is 1.44 bits per heavy atom. The second-order valence-electron chi connectivity index (χ2n) is 6.17. The van der Waals surface area contributed by atoms with E-state index in [0.717, 1.165) is 30.8 Å². The molecule has 2 aromatic carbocycles. The third-order valence-electron chi connectivity index (χ3n) is 4.67. The summed E-state index contributed by atoms with van der Waals surface area (Å²) in [6.07, 6.45) is 0. The zero-order chi connectivity index (χ0) is 17.7. The van der Waals surface area contributed by atoms with Crippen molar-refractivity contribution in [2.45, 2.75) is 26.4 Å². The first-order chi connectivity index (χ1) is 11.4. The van der Waals surface area contributed by atoms with Gasteiger partial charge in [-0.15, -0.1) is 0 Å². The molecule has 0 bridgehead atoms. The molecular weight excluding hydrogens is 377 g/mol. The molecule has 2 rings (SSSR count). The summed E-state index contributed by atoms with van der Waals surface area (Å²) in [5, 5.41) is 13.0. The zero-order valence-corrected chi connectivity index (χ0v) is 17.1. The fourth-order valence-electron chi connectivity index (χ4n) is 3.19. The van der Waals surface area contributed by atoms with E-state index in [1.807, 2.05) is 48.5 Å². The van der Waals surface area contributed by atoms with Gasteiger partial charge in [-0.1, -0.05) is 68.2 Å². The summed E-state index contributed by atoms with van der Waals surface area (Å²) in [6, 6.07) is 14.9. The van der Waals surface area contributed by atoms with Crippen molar-refractivity contribution in [3.05, 3.63) is 69.7 Å². The van der Waals surface area contributed by atoms with Crippen LogP contribution in [0.5, 0.6) is 0 Å². The average molecular weight is 403 g/mol. The van der Waals surface area contributed by atoms with E-state index in [1.54, 1.807) is 0 Å². The first kappa shape index (κ1) is 22.3. The molecule has 25 heavy (non-hydrogen) atoms. The maximum Gasteiger partial charge on any atom is 1.00 e. The van der Waals surface area contributed by atoms with Crippen molar-refractivity contribution in [3.8, 4) is 0 Å². The number of rotatable bonds is 7.